The molecule has 3 aromatic rings. The molecule has 1 nitrogen and oxygen atoms in total. The summed E-state index contributed by atoms with van der Waals surface area (Å²) < 4.78 is 3.87. The van der Waals surface area contributed by atoms with E-state index >= 15 is 0 Å². The van der Waals surface area contributed by atoms with Crippen molar-refractivity contribution in [3.8, 4) is 11.3 Å². The van der Waals surface area contributed by atoms with Gasteiger partial charge in [-0.2, -0.15) is 0 Å². The van der Waals surface area contributed by atoms with Gasteiger partial charge in [-0.3, -0.25) is 0 Å². The molecule has 0 radical (unpaired) electrons. The number of aryl methyl sites for hydroxylation is 2. The van der Waals surface area contributed by atoms with E-state index < -0.39 is 0 Å². The number of benzene rings is 2. The van der Waals surface area contributed by atoms with Gasteiger partial charge in [-0.05, 0) is 0 Å². The summed E-state index contributed by atoms with van der Waals surface area (Å²) in [4.78, 5) is 0. The molecule has 0 bridgehead atoms. The fourth-order valence-electron chi connectivity index (χ4n) is 3.33. The van der Waals surface area contributed by atoms with Crippen LogP contribution in [0.1, 0.15) is 16.7 Å². The summed E-state index contributed by atoms with van der Waals surface area (Å²) >= 11 is 1.52. The van der Waals surface area contributed by atoms with Gasteiger partial charge in [0.1, 0.15) is 0 Å². The standard InChI is InChI=1S/C17H14N.2ClH.Zr/c1-11-7-8-16-14(9-11)15-10-12-5-3-4-6-13(12)17(15)18(16)2;;;/h3-4,6-9H,10H2,1-2H3;2*1H;/q;;;+2/p-2. The van der Waals surface area contributed by atoms with Crippen molar-refractivity contribution in [3.63, 3.8) is 0 Å². The molecule has 1 aliphatic carbocycles. The first kappa shape index (κ1) is 16.8. The Morgan fingerprint density at radius 1 is 1.05 bits per heavy atom. The second kappa shape index (κ2) is 5.91. The Morgan fingerprint density at radius 3 is 2.57 bits per heavy atom. The maximum Gasteiger partial charge on any atom is -1.00 e. The van der Waals surface area contributed by atoms with Crippen molar-refractivity contribution in [2.24, 2.45) is 7.05 Å². The van der Waals surface area contributed by atoms with E-state index in [2.05, 4.69) is 54.9 Å². The van der Waals surface area contributed by atoms with Crippen LogP contribution in [0.3, 0.4) is 0 Å². The fourth-order valence-corrected chi connectivity index (χ4v) is 4.12. The molecule has 1 aromatic heterocycles. The first-order valence-corrected chi connectivity index (χ1v) is 7.81. The van der Waals surface area contributed by atoms with Gasteiger partial charge in [0.25, 0.3) is 0 Å². The molecule has 0 saturated heterocycles. The zero-order valence-corrected chi connectivity index (χ0v) is 15.8. The summed E-state index contributed by atoms with van der Waals surface area (Å²) in [7, 11) is 2.20. The van der Waals surface area contributed by atoms with E-state index in [9.17, 15) is 0 Å². The van der Waals surface area contributed by atoms with Gasteiger partial charge in [0, 0.05) is 0 Å². The van der Waals surface area contributed by atoms with Crippen LogP contribution < -0.4 is 28.1 Å². The van der Waals surface area contributed by atoms with Crippen molar-refractivity contribution in [1.82, 2.24) is 4.57 Å². The smallest absolute Gasteiger partial charge is 1.00 e. The third-order valence-electron chi connectivity index (χ3n) is 4.24. The summed E-state index contributed by atoms with van der Waals surface area (Å²) in [6.45, 7) is 2.18. The zero-order valence-electron chi connectivity index (χ0n) is 11.9. The molecule has 105 valence electrons. The molecule has 0 aliphatic heterocycles. The van der Waals surface area contributed by atoms with Crippen LogP contribution in [-0.2, 0) is 38.2 Å². The third-order valence-corrected chi connectivity index (χ3v) is 5.40. The van der Waals surface area contributed by atoms with Gasteiger partial charge in [0.05, 0.1) is 0 Å². The minimum Gasteiger partial charge on any atom is -1.00 e. The van der Waals surface area contributed by atoms with Crippen LogP contribution >= 0.6 is 0 Å². The fraction of sp³-hybridized carbons (Fsp3) is 0.176. The third kappa shape index (κ3) is 2.32. The molecular weight excluding hydrogens is 380 g/mol. The molecule has 1 heterocycles. The van der Waals surface area contributed by atoms with Crippen molar-refractivity contribution in [2.75, 3.05) is 0 Å². The summed E-state index contributed by atoms with van der Waals surface area (Å²) in [5, 5.41) is 1.43. The number of hydrogen-bond acceptors (Lipinski definition) is 0. The van der Waals surface area contributed by atoms with Gasteiger partial charge < -0.3 is 24.8 Å². The molecule has 0 amide bonds. The van der Waals surface area contributed by atoms with Gasteiger partial charge in [-0.25, -0.2) is 0 Å². The van der Waals surface area contributed by atoms with E-state index in [4.69, 9.17) is 0 Å². The second-order valence-electron chi connectivity index (χ2n) is 5.42. The molecule has 2 aromatic carbocycles. The Balaban J connectivity index is 0.000000807. The molecule has 0 atom stereocenters. The Labute approximate surface area is 152 Å². The molecule has 0 saturated carbocycles. The van der Waals surface area contributed by atoms with E-state index in [0.717, 1.165) is 6.42 Å². The van der Waals surface area contributed by atoms with Gasteiger partial charge >= 0.3 is 128 Å². The van der Waals surface area contributed by atoms with Crippen LogP contribution in [0.25, 0.3) is 22.2 Å². The van der Waals surface area contributed by atoms with E-state index in [1.165, 1.54) is 61.3 Å². The largest absolute Gasteiger partial charge is 1.00 e. The molecule has 21 heavy (non-hydrogen) atoms. The molecule has 0 spiro atoms. The quantitative estimate of drug-likeness (QED) is 0.305. The van der Waals surface area contributed by atoms with Crippen LogP contribution in [0.15, 0.2) is 36.4 Å². The molecule has 1 aliphatic rings. The van der Waals surface area contributed by atoms with Crippen molar-refractivity contribution in [3.05, 3.63) is 53.1 Å². The second-order valence-corrected chi connectivity index (χ2v) is 6.74. The van der Waals surface area contributed by atoms with Crippen LogP contribution in [0.4, 0.5) is 0 Å². The summed E-state index contributed by atoms with van der Waals surface area (Å²) in [5.74, 6) is 0. The number of rotatable bonds is 0. The number of nitrogens with zero attached hydrogens (tertiary/aromatic N) is 1. The normalized spacial score (nSPS) is 11.6. The van der Waals surface area contributed by atoms with Gasteiger partial charge in [-0.15, -0.1) is 0 Å². The van der Waals surface area contributed by atoms with Crippen molar-refractivity contribution in [2.45, 2.75) is 13.3 Å². The van der Waals surface area contributed by atoms with Gasteiger partial charge in [-0.1, -0.05) is 0 Å². The first-order valence-electron chi connectivity index (χ1n) is 6.58. The topological polar surface area (TPSA) is 4.93 Å². The van der Waals surface area contributed by atoms with E-state index in [1.54, 1.807) is 5.56 Å². The molecule has 4 rings (SSSR count). The SMILES string of the molecule is Cc1ccc2c(c1)c1c(n2C)-c2ccc[c]([Zr+2])c2C1.[Cl-].[Cl-]. The average Bonchev–Trinajstić information content (AvgIpc) is 2.89. The molecular formula is C17H14Cl2NZr. The number of fused-ring (bicyclic) bond motifs is 5. The zero-order chi connectivity index (χ0) is 13.1. The van der Waals surface area contributed by atoms with Gasteiger partial charge in [0.15, 0.2) is 0 Å². The van der Waals surface area contributed by atoms with Crippen LogP contribution in [-0.4, -0.2) is 4.57 Å². The van der Waals surface area contributed by atoms with Gasteiger partial charge in [0.2, 0.25) is 0 Å². The molecule has 4 heteroatoms. The summed E-state index contributed by atoms with van der Waals surface area (Å²) in [6.07, 6.45) is 1.10. The number of halogens is 2. The minimum atomic E-state index is 0. The number of hydrogen-bond donors (Lipinski definition) is 0. The van der Waals surface area contributed by atoms with E-state index in [1.807, 2.05) is 0 Å². The average molecular weight is 394 g/mol. The number of aromatic nitrogens is 1. The maximum absolute atomic E-state index is 2.37. The minimum absolute atomic E-state index is 0. The monoisotopic (exact) mass is 392 g/mol. The van der Waals surface area contributed by atoms with Crippen LogP contribution in [0.2, 0.25) is 0 Å². The summed E-state index contributed by atoms with van der Waals surface area (Å²) in [5.41, 5.74) is 8.65. The van der Waals surface area contributed by atoms with Crippen LogP contribution in [0, 0.1) is 6.92 Å². The maximum atomic E-state index is 2.37. The Morgan fingerprint density at radius 2 is 1.81 bits per heavy atom. The van der Waals surface area contributed by atoms with Crippen molar-refractivity contribution >= 4 is 14.2 Å². The van der Waals surface area contributed by atoms with E-state index in [-0.39, 0.29) is 24.8 Å². The first-order chi connectivity index (χ1) is 9.16. The Bertz CT molecular complexity index is 836. The molecule has 0 fully saturated rings. The predicted octanol–water partition coefficient (Wildman–Crippen LogP) is -2.76. The van der Waals surface area contributed by atoms with Crippen LogP contribution in [0.5, 0.6) is 0 Å². The molecule has 0 unspecified atom stereocenters. The van der Waals surface area contributed by atoms with Crippen molar-refractivity contribution < 1.29 is 49.5 Å². The molecule has 0 N–H and O–H groups in total. The predicted molar refractivity (Wildman–Crippen MR) is 75.5 cm³/mol. The van der Waals surface area contributed by atoms with Crippen molar-refractivity contribution in [1.29, 1.82) is 0 Å². The Hall–Kier alpha value is -0.557. The summed E-state index contributed by atoms with van der Waals surface area (Å²) in [6, 6.07) is 13.5. The van der Waals surface area contributed by atoms with E-state index in [0.29, 0.717) is 0 Å². The Kier molecular flexibility index (Phi) is 4.73.